The summed E-state index contributed by atoms with van der Waals surface area (Å²) in [4.78, 5) is 11.0. The molecule has 0 fully saturated rings. The Bertz CT molecular complexity index is 388. The van der Waals surface area contributed by atoms with Crippen molar-refractivity contribution in [1.29, 1.82) is 0 Å². The van der Waals surface area contributed by atoms with Gasteiger partial charge in [0.1, 0.15) is 5.82 Å². The average molecular weight is 252 g/mol. The van der Waals surface area contributed by atoms with E-state index in [0.29, 0.717) is 12.0 Å². The smallest absolute Gasteiger partial charge is 0.335 e. The van der Waals surface area contributed by atoms with Crippen LogP contribution < -0.4 is 0 Å². The minimum Gasteiger partial charge on any atom is -0.478 e. The average Bonchev–Trinajstić information content (AvgIpc) is 2.33. The quantitative estimate of drug-likeness (QED) is 0.695. The number of unbranched alkanes of at least 4 members (excludes halogenated alkanes) is 5. The Balaban J connectivity index is 2.45. The second-order valence-corrected chi connectivity index (χ2v) is 4.62. The van der Waals surface area contributed by atoms with Crippen LogP contribution in [0.4, 0.5) is 4.39 Å². The number of carboxylic acid groups (broad SMARTS) is 1. The van der Waals surface area contributed by atoms with E-state index in [-0.39, 0.29) is 11.4 Å². The molecule has 1 aromatic carbocycles. The second-order valence-electron chi connectivity index (χ2n) is 4.62. The lowest BCUT2D eigenvalue weighted by Crippen LogP contribution is -2.03. The van der Waals surface area contributed by atoms with Crippen LogP contribution in [0.5, 0.6) is 0 Å². The summed E-state index contributed by atoms with van der Waals surface area (Å²) in [6, 6.07) is 3.90. The van der Waals surface area contributed by atoms with Crippen LogP contribution in [0.2, 0.25) is 0 Å². The zero-order chi connectivity index (χ0) is 13.4. The van der Waals surface area contributed by atoms with Gasteiger partial charge in [-0.3, -0.25) is 0 Å². The summed E-state index contributed by atoms with van der Waals surface area (Å²) in [6.07, 6.45) is 7.51. The molecule has 0 saturated carbocycles. The van der Waals surface area contributed by atoms with Crippen molar-refractivity contribution in [2.45, 2.75) is 51.9 Å². The van der Waals surface area contributed by atoms with Crippen LogP contribution in [0.1, 0.15) is 61.4 Å². The van der Waals surface area contributed by atoms with E-state index in [2.05, 4.69) is 6.92 Å². The van der Waals surface area contributed by atoms with E-state index in [0.717, 1.165) is 12.8 Å². The Kier molecular flexibility index (Phi) is 6.40. The maximum atomic E-state index is 13.1. The summed E-state index contributed by atoms with van der Waals surface area (Å²) in [5, 5.41) is 9.01. The van der Waals surface area contributed by atoms with Gasteiger partial charge in [-0.2, -0.15) is 0 Å². The molecule has 3 heteroatoms. The van der Waals surface area contributed by atoms with Gasteiger partial charge >= 0.3 is 5.97 Å². The van der Waals surface area contributed by atoms with Crippen molar-refractivity contribution in [2.75, 3.05) is 0 Å². The first-order chi connectivity index (χ1) is 8.65. The van der Waals surface area contributed by atoms with Crippen LogP contribution in [0.15, 0.2) is 18.2 Å². The van der Waals surface area contributed by atoms with E-state index >= 15 is 0 Å². The molecular formula is C15H21FO2. The van der Waals surface area contributed by atoms with Crippen molar-refractivity contribution < 1.29 is 14.3 Å². The first kappa shape index (κ1) is 14.7. The fourth-order valence-corrected chi connectivity index (χ4v) is 2.07. The number of hydrogen-bond donors (Lipinski definition) is 1. The molecule has 1 rings (SSSR count). The Labute approximate surface area is 108 Å². The van der Waals surface area contributed by atoms with Gasteiger partial charge in [0, 0.05) is 0 Å². The van der Waals surface area contributed by atoms with Crippen molar-refractivity contribution in [3.05, 3.63) is 35.1 Å². The van der Waals surface area contributed by atoms with Gasteiger partial charge in [0.2, 0.25) is 0 Å². The molecule has 0 atom stereocenters. The second kappa shape index (κ2) is 7.85. The predicted octanol–water partition coefficient (Wildman–Crippen LogP) is 4.43. The van der Waals surface area contributed by atoms with E-state index in [1.165, 1.54) is 43.9 Å². The highest BCUT2D eigenvalue weighted by atomic mass is 19.1. The third-order valence-corrected chi connectivity index (χ3v) is 3.10. The Morgan fingerprint density at radius 3 is 2.50 bits per heavy atom. The molecule has 0 unspecified atom stereocenters. The van der Waals surface area contributed by atoms with Crippen LogP contribution >= 0.6 is 0 Å². The molecule has 0 spiro atoms. The van der Waals surface area contributed by atoms with Gasteiger partial charge in [-0.1, -0.05) is 39.0 Å². The van der Waals surface area contributed by atoms with Gasteiger partial charge in [-0.25, -0.2) is 9.18 Å². The number of benzene rings is 1. The standard InChI is InChI=1S/C15H21FO2/c1-2-3-4-5-6-7-8-12-11-13(16)9-10-14(12)15(17)18/h9-11H,2-8H2,1H3,(H,17,18). The molecule has 0 aliphatic heterocycles. The van der Waals surface area contributed by atoms with Crippen molar-refractivity contribution in [2.24, 2.45) is 0 Å². The van der Waals surface area contributed by atoms with E-state index in [1.54, 1.807) is 0 Å². The molecule has 18 heavy (non-hydrogen) atoms. The third-order valence-electron chi connectivity index (χ3n) is 3.10. The summed E-state index contributed by atoms with van der Waals surface area (Å²) >= 11 is 0. The van der Waals surface area contributed by atoms with Crippen molar-refractivity contribution in [1.82, 2.24) is 0 Å². The monoisotopic (exact) mass is 252 g/mol. The maximum Gasteiger partial charge on any atom is 0.335 e. The van der Waals surface area contributed by atoms with Gasteiger partial charge in [0.05, 0.1) is 5.56 Å². The number of carbonyl (C=O) groups is 1. The number of aryl methyl sites for hydroxylation is 1. The number of rotatable bonds is 8. The maximum absolute atomic E-state index is 13.1. The summed E-state index contributed by atoms with van der Waals surface area (Å²) < 4.78 is 13.1. The zero-order valence-electron chi connectivity index (χ0n) is 10.9. The zero-order valence-corrected chi connectivity index (χ0v) is 10.9. The van der Waals surface area contributed by atoms with E-state index in [9.17, 15) is 9.18 Å². The highest BCUT2D eigenvalue weighted by Crippen LogP contribution is 2.16. The van der Waals surface area contributed by atoms with Crippen molar-refractivity contribution in [3.8, 4) is 0 Å². The number of halogens is 1. The van der Waals surface area contributed by atoms with E-state index < -0.39 is 5.97 Å². The van der Waals surface area contributed by atoms with Crippen LogP contribution in [0, 0.1) is 5.82 Å². The molecular weight excluding hydrogens is 231 g/mol. The van der Waals surface area contributed by atoms with Crippen LogP contribution in [-0.2, 0) is 6.42 Å². The first-order valence-electron chi connectivity index (χ1n) is 6.67. The predicted molar refractivity (Wildman–Crippen MR) is 70.4 cm³/mol. The molecule has 0 aliphatic rings. The van der Waals surface area contributed by atoms with Crippen molar-refractivity contribution >= 4 is 5.97 Å². The van der Waals surface area contributed by atoms with Crippen molar-refractivity contribution in [3.63, 3.8) is 0 Å². The summed E-state index contributed by atoms with van der Waals surface area (Å²) in [6.45, 7) is 2.17. The molecule has 0 radical (unpaired) electrons. The summed E-state index contributed by atoms with van der Waals surface area (Å²) in [5.74, 6) is -1.34. The summed E-state index contributed by atoms with van der Waals surface area (Å²) in [5.41, 5.74) is 0.836. The SMILES string of the molecule is CCCCCCCCc1cc(F)ccc1C(=O)O. The highest BCUT2D eigenvalue weighted by molar-refractivity contribution is 5.89. The Morgan fingerprint density at radius 2 is 1.83 bits per heavy atom. The van der Waals surface area contributed by atoms with E-state index in [4.69, 9.17) is 5.11 Å². The normalized spacial score (nSPS) is 10.6. The van der Waals surface area contributed by atoms with Crippen LogP contribution in [-0.4, -0.2) is 11.1 Å². The first-order valence-corrected chi connectivity index (χ1v) is 6.67. The van der Waals surface area contributed by atoms with Gasteiger partial charge in [-0.15, -0.1) is 0 Å². The Morgan fingerprint density at radius 1 is 1.17 bits per heavy atom. The minimum absolute atomic E-state index is 0.227. The van der Waals surface area contributed by atoms with Gasteiger partial charge in [-0.05, 0) is 36.6 Å². The lowest BCUT2D eigenvalue weighted by molar-refractivity contribution is 0.0695. The van der Waals surface area contributed by atoms with E-state index in [1.807, 2.05) is 0 Å². The van der Waals surface area contributed by atoms with Gasteiger partial charge in [0.25, 0.3) is 0 Å². The minimum atomic E-state index is -0.976. The lowest BCUT2D eigenvalue weighted by atomic mass is 10.0. The number of carboxylic acids is 1. The number of hydrogen-bond acceptors (Lipinski definition) is 1. The fraction of sp³-hybridized carbons (Fsp3) is 0.533. The number of aromatic carboxylic acids is 1. The molecule has 0 aliphatic carbocycles. The van der Waals surface area contributed by atoms with Gasteiger partial charge < -0.3 is 5.11 Å². The van der Waals surface area contributed by atoms with Crippen LogP contribution in [0.25, 0.3) is 0 Å². The highest BCUT2D eigenvalue weighted by Gasteiger charge is 2.10. The van der Waals surface area contributed by atoms with Crippen LogP contribution in [0.3, 0.4) is 0 Å². The molecule has 0 heterocycles. The molecule has 0 bridgehead atoms. The summed E-state index contributed by atoms with van der Waals surface area (Å²) in [7, 11) is 0. The van der Waals surface area contributed by atoms with Gasteiger partial charge in [0.15, 0.2) is 0 Å². The molecule has 0 aromatic heterocycles. The third kappa shape index (κ3) is 4.86. The molecule has 100 valence electrons. The largest absolute Gasteiger partial charge is 0.478 e. The molecule has 1 N–H and O–H groups in total. The topological polar surface area (TPSA) is 37.3 Å². The fourth-order valence-electron chi connectivity index (χ4n) is 2.07. The molecule has 0 amide bonds. The molecule has 2 nitrogen and oxygen atoms in total. The lowest BCUT2D eigenvalue weighted by Gasteiger charge is -2.06. The Hall–Kier alpha value is -1.38. The molecule has 1 aromatic rings. The molecule has 0 saturated heterocycles.